The molecule has 0 saturated carbocycles. The monoisotopic (exact) mass is 532 g/mol. The summed E-state index contributed by atoms with van der Waals surface area (Å²) in [4.78, 5) is 12.5. The normalized spacial score (nSPS) is 11.7. The van der Waals surface area contributed by atoms with Crippen molar-refractivity contribution in [3.63, 3.8) is 0 Å². The zero-order chi connectivity index (χ0) is 20.7. The molecule has 2 N–H and O–H groups in total. The van der Waals surface area contributed by atoms with Crippen LogP contribution < -0.4 is 10.6 Å². The predicted molar refractivity (Wildman–Crippen MR) is 116 cm³/mol. The van der Waals surface area contributed by atoms with E-state index in [-0.39, 0.29) is 30.5 Å². The predicted octanol–water partition coefficient (Wildman–Crippen LogP) is 3.68. The third-order valence-corrected chi connectivity index (χ3v) is 3.93. The number of alkyl halides is 3. The molecule has 160 valence electrons. The van der Waals surface area contributed by atoms with Crippen molar-refractivity contribution in [2.75, 3.05) is 13.6 Å². The number of benzene rings is 1. The molecule has 1 aromatic carbocycles. The van der Waals surface area contributed by atoms with E-state index in [2.05, 4.69) is 30.8 Å². The third-order valence-electron chi connectivity index (χ3n) is 3.93. The number of nitrogens with one attached hydrogen (secondary N) is 2. The van der Waals surface area contributed by atoms with Crippen LogP contribution in [0.1, 0.15) is 17.0 Å². The van der Waals surface area contributed by atoms with Gasteiger partial charge in [0.15, 0.2) is 11.8 Å². The zero-order valence-electron chi connectivity index (χ0n) is 16.0. The van der Waals surface area contributed by atoms with Gasteiger partial charge in [-0.1, -0.05) is 23.4 Å². The quantitative estimate of drug-likeness (QED) is 0.286. The second-order valence-electron chi connectivity index (χ2n) is 6.03. The lowest BCUT2D eigenvalue weighted by atomic mass is 10.1. The second-order valence-corrected chi connectivity index (χ2v) is 6.03. The Hall–Kier alpha value is -2.70. The molecule has 0 aliphatic rings. The minimum atomic E-state index is -4.37. The first-order valence-corrected chi connectivity index (χ1v) is 8.80. The van der Waals surface area contributed by atoms with Gasteiger partial charge in [-0.3, -0.25) is 9.98 Å². The van der Waals surface area contributed by atoms with Gasteiger partial charge >= 0.3 is 6.18 Å². The lowest BCUT2D eigenvalue weighted by Crippen LogP contribution is -2.38. The van der Waals surface area contributed by atoms with Crippen LogP contribution in [0.3, 0.4) is 0 Å². The smallest absolute Gasteiger partial charge is 0.356 e. The first kappa shape index (κ1) is 23.6. The van der Waals surface area contributed by atoms with E-state index in [1.165, 1.54) is 6.07 Å². The molecule has 0 aliphatic carbocycles. The number of hydrogen-bond donors (Lipinski definition) is 2. The van der Waals surface area contributed by atoms with Crippen molar-refractivity contribution in [1.29, 1.82) is 0 Å². The molecule has 3 aromatic rings. The van der Waals surface area contributed by atoms with Crippen LogP contribution >= 0.6 is 24.0 Å². The highest BCUT2D eigenvalue weighted by atomic mass is 127. The van der Waals surface area contributed by atoms with E-state index < -0.39 is 11.7 Å². The largest absolute Gasteiger partial charge is 0.416 e. The van der Waals surface area contributed by atoms with Crippen LogP contribution in [-0.4, -0.2) is 34.7 Å². The fraction of sp³-hybridized carbons (Fsp3) is 0.263. The van der Waals surface area contributed by atoms with Crippen LogP contribution in [0, 0.1) is 0 Å². The summed E-state index contributed by atoms with van der Waals surface area (Å²) < 4.78 is 43.6. The molecule has 0 atom stereocenters. The van der Waals surface area contributed by atoms with Gasteiger partial charge in [0.25, 0.3) is 5.89 Å². The van der Waals surface area contributed by atoms with Gasteiger partial charge in [-0.25, -0.2) is 0 Å². The van der Waals surface area contributed by atoms with Gasteiger partial charge < -0.3 is 15.2 Å². The maximum atomic E-state index is 12.8. The van der Waals surface area contributed by atoms with Gasteiger partial charge in [-0.05, 0) is 29.8 Å². The lowest BCUT2D eigenvalue weighted by molar-refractivity contribution is -0.137. The number of aliphatic imine (C=N–C) groups is 1. The minimum absolute atomic E-state index is 0. The summed E-state index contributed by atoms with van der Waals surface area (Å²) in [6.45, 7) is 0.666. The van der Waals surface area contributed by atoms with Crippen molar-refractivity contribution in [2.24, 2.45) is 4.99 Å². The Morgan fingerprint density at radius 1 is 1.13 bits per heavy atom. The Labute approximate surface area is 188 Å². The average Bonchev–Trinajstić information content (AvgIpc) is 3.20. The minimum Gasteiger partial charge on any atom is -0.356 e. The third kappa shape index (κ3) is 6.68. The number of hydrogen-bond acceptors (Lipinski definition) is 5. The van der Waals surface area contributed by atoms with Crippen LogP contribution in [0.2, 0.25) is 0 Å². The molecule has 0 spiro atoms. The molecule has 2 aromatic heterocycles. The molecule has 0 radical (unpaired) electrons. The molecule has 0 bridgehead atoms. The van der Waals surface area contributed by atoms with Crippen LogP contribution in [0.15, 0.2) is 58.2 Å². The summed E-state index contributed by atoms with van der Waals surface area (Å²) in [6, 6.07) is 10.5. The molecule has 7 nitrogen and oxygen atoms in total. The van der Waals surface area contributed by atoms with E-state index in [9.17, 15) is 13.2 Å². The highest BCUT2D eigenvalue weighted by Gasteiger charge is 2.30. The molecule has 0 fully saturated rings. The van der Waals surface area contributed by atoms with Crippen LogP contribution in [-0.2, 0) is 19.1 Å². The van der Waals surface area contributed by atoms with Crippen molar-refractivity contribution in [2.45, 2.75) is 19.1 Å². The average molecular weight is 532 g/mol. The van der Waals surface area contributed by atoms with Gasteiger partial charge in [0.1, 0.15) is 5.69 Å². The standard InChI is InChI=1S/C19H19F3N6O.HI/c1-23-18(26-12-13-5-4-6-14(11-13)19(20,21)22)25-10-8-16-27-17(29-28-16)15-7-2-3-9-24-15;/h2-7,9,11H,8,10,12H2,1H3,(H2,23,25,26);1H. The van der Waals surface area contributed by atoms with E-state index >= 15 is 0 Å². The van der Waals surface area contributed by atoms with E-state index in [0.29, 0.717) is 41.9 Å². The summed E-state index contributed by atoms with van der Waals surface area (Å²) in [5, 5.41) is 9.95. The molecule has 2 heterocycles. The molecular weight excluding hydrogens is 512 g/mol. The summed E-state index contributed by atoms with van der Waals surface area (Å²) in [7, 11) is 1.58. The first-order chi connectivity index (χ1) is 14.0. The van der Waals surface area contributed by atoms with Gasteiger partial charge in [-0.15, -0.1) is 24.0 Å². The van der Waals surface area contributed by atoms with Gasteiger partial charge in [0, 0.05) is 32.8 Å². The number of guanidine groups is 1. The number of rotatable bonds is 6. The van der Waals surface area contributed by atoms with Gasteiger partial charge in [0.05, 0.1) is 5.56 Å². The first-order valence-electron chi connectivity index (χ1n) is 8.80. The van der Waals surface area contributed by atoms with Gasteiger partial charge in [0.2, 0.25) is 0 Å². The summed E-state index contributed by atoms with van der Waals surface area (Å²) >= 11 is 0. The van der Waals surface area contributed by atoms with Crippen LogP contribution in [0.4, 0.5) is 13.2 Å². The fourth-order valence-electron chi connectivity index (χ4n) is 2.51. The number of pyridine rings is 1. The Kier molecular flexibility index (Phi) is 8.57. The zero-order valence-corrected chi connectivity index (χ0v) is 18.3. The Morgan fingerprint density at radius 3 is 2.67 bits per heavy atom. The second kappa shape index (κ2) is 10.9. The molecule has 3 rings (SSSR count). The SMILES string of the molecule is CN=C(NCCc1noc(-c2ccccn2)n1)NCc1cccc(C(F)(F)F)c1.I. The highest BCUT2D eigenvalue weighted by molar-refractivity contribution is 14.0. The van der Waals surface area contributed by atoms with E-state index in [1.807, 2.05) is 6.07 Å². The maximum Gasteiger partial charge on any atom is 0.416 e. The van der Waals surface area contributed by atoms with Crippen LogP contribution in [0.25, 0.3) is 11.6 Å². The summed E-state index contributed by atoms with van der Waals surface area (Å²) in [5.41, 5.74) is 0.416. The number of nitrogens with zero attached hydrogens (tertiary/aromatic N) is 4. The molecule has 0 unspecified atom stereocenters. The molecule has 11 heteroatoms. The topological polar surface area (TPSA) is 88.2 Å². The molecule has 30 heavy (non-hydrogen) atoms. The van der Waals surface area contributed by atoms with Crippen molar-refractivity contribution in [1.82, 2.24) is 25.8 Å². The molecular formula is C19H20F3IN6O. The maximum absolute atomic E-state index is 12.8. The Morgan fingerprint density at radius 2 is 1.97 bits per heavy atom. The molecule has 0 amide bonds. The van der Waals surface area contributed by atoms with Crippen molar-refractivity contribution in [3.05, 3.63) is 65.6 Å². The Balaban J connectivity index is 0.00000320. The summed E-state index contributed by atoms with van der Waals surface area (Å²) in [6.07, 6.45) is -2.25. The van der Waals surface area contributed by atoms with Gasteiger partial charge in [-0.2, -0.15) is 18.2 Å². The summed E-state index contributed by atoms with van der Waals surface area (Å²) in [5.74, 6) is 1.30. The van der Waals surface area contributed by atoms with E-state index in [0.717, 1.165) is 12.1 Å². The van der Waals surface area contributed by atoms with Crippen LogP contribution in [0.5, 0.6) is 0 Å². The number of aromatic nitrogens is 3. The number of halogens is 4. The fourth-order valence-corrected chi connectivity index (χ4v) is 2.51. The van der Waals surface area contributed by atoms with Crippen molar-refractivity contribution in [3.8, 4) is 11.6 Å². The highest BCUT2D eigenvalue weighted by Crippen LogP contribution is 2.29. The lowest BCUT2D eigenvalue weighted by Gasteiger charge is -2.12. The van der Waals surface area contributed by atoms with E-state index in [1.54, 1.807) is 31.4 Å². The molecule has 0 aliphatic heterocycles. The van der Waals surface area contributed by atoms with Crippen molar-refractivity contribution >= 4 is 29.9 Å². The van der Waals surface area contributed by atoms with E-state index in [4.69, 9.17) is 4.52 Å². The van der Waals surface area contributed by atoms with Crippen molar-refractivity contribution < 1.29 is 17.7 Å². The Bertz CT molecular complexity index is 962. The molecule has 0 saturated heterocycles.